The summed E-state index contributed by atoms with van der Waals surface area (Å²) in [6.45, 7) is 11.7. The van der Waals surface area contributed by atoms with Crippen molar-refractivity contribution in [3.8, 4) is 5.75 Å². The molecule has 0 saturated carbocycles. The number of aliphatic hydroxyl groups excluding tert-OH is 7. The van der Waals surface area contributed by atoms with E-state index in [0.29, 0.717) is 62.2 Å². The molecule has 0 aliphatic carbocycles. The van der Waals surface area contributed by atoms with Gasteiger partial charge in [-0.3, -0.25) is 71.9 Å². The SMILES string of the molecule is CCCCCCCCCCCCC[C@H](CC(=O)N[C@@H](C(=O)N[C@H](C)C(=O)N[C@@H](Cc1ccc(OCC(=O)NCCCn2ccnc2)cc1)C(=O)N[C@H](C(=O)N1C[C@H](O)C[C@H]1C(=O)N[C@@H](C(=O)N[C@H](C(=O)N1CC[C@H](O)[C@H]1C(=O)N[C@H](C(=O)NCC(=O)N[C@@H](C(N)=O)[C@@H](C)O)[C@H](O)CC(N)=O)[C@@H](C)O)[C@@H](C)O)C(C)C)[C@@H](C)O)OC(=O)[C@@H](C)CCCN.Cl. The van der Waals surface area contributed by atoms with Gasteiger partial charge in [0.05, 0.1) is 74.4 Å². The van der Waals surface area contributed by atoms with Crippen molar-refractivity contribution in [2.24, 2.45) is 29.0 Å². The molecular formula is C80H132ClN17O24. The molecule has 1 aromatic heterocycles. The van der Waals surface area contributed by atoms with Gasteiger partial charge >= 0.3 is 5.97 Å². The van der Waals surface area contributed by atoms with Gasteiger partial charge in [0.25, 0.3) is 5.91 Å². The molecule has 2 aromatic rings. The number of carbonyl (C=O) groups is 15. The lowest BCUT2D eigenvalue weighted by atomic mass is 9.99. The van der Waals surface area contributed by atoms with Crippen LogP contribution in [-0.2, 0) is 89.6 Å². The molecular weight excluding hydrogens is 1620 g/mol. The van der Waals surface area contributed by atoms with Gasteiger partial charge in [-0.25, -0.2) is 4.98 Å². The van der Waals surface area contributed by atoms with Crippen LogP contribution in [0.2, 0.25) is 0 Å². The van der Waals surface area contributed by atoms with Crippen LogP contribution < -0.4 is 75.1 Å². The van der Waals surface area contributed by atoms with E-state index in [0.717, 1.165) is 57.8 Å². The number of nitrogens with one attached hydrogen (secondary N) is 10. The largest absolute Gasteiger partial charge is 0.484 e. The second-order valence-electron chi connectivity index (χ2n) is 31.7. The van der Waals surface area contributed by atoms with Gasteiger partial charge in [0.2, 0.25) is 76.8 Å². The number of aryl methyl sites for hydroxylation is 1. The first-order valence-electron chi connectivity index (χ1n) is 41.7. The minimum Gasteiger partial charge on any atom is -0.484 e. The molecule has 2 fully saturated rings. The van der Waals surface area contributed by atoms with Crippen molar-refractivity contribution in [2.75, 3.05) is 39.3 Å². The number of hydrogen-bond donors (Lipinski definition) is 20. The molecule has 19 atom stereocenters. The fourth-order valence-corrected chi connectivity index (χ4v) is 13.7. The molecule has 42 heteroatoms. The average molecular weight is 1750 g/mol. The van der Waals surface area contributed by atoms with E-state index in [-0.39, 0.29) is 44.0 Å². The van der Waals surface area contributed by atoms with Crippen molar-refractivity contribution in [1.82, 2.24) is 72.5 Å². The van der Waals surface area contributed by atoms with Crippen molar-refractivity contribution in [3.63, 3.8) is 0 Å². The Bertz CT molecular complexity index is 3690. The van der Waals surface area contributed by atoms with Gasteiger partial charge in [0, 0.05) is 51.4 Å². The zero-order valence-electron chi connectivity index (χ0n) is 71.2. The Morgan fingerprint density at radius 2 is 1.13 bits per heavy atom. The molecule has 1 aromatic carbocycles. The fourth-order valence-electron chi connectivity index (χ4n) is 13.7. The monoisotopic (exact) mass is 1750 g/mol. The van der Waals surface area contributed by atoms with Crippen LogP contribution >= 0.6 is 12.4 Å². The van der Waals surface area contributed by atoms with Gasteiger partial charge in [-0.05, 0) is 103 Å². The second kappa shape index (κ2) is 54.7. The summed E-state index contributed by atoms with van der Waals surface area (Å²) in [5, 5.41) is 99.9. The molecule has 41 nitrogen and oxygen atoms in total. The normalized spacial score (nSPS) is 18.7. The minimum absolute atomic E-state index is 0. The lowest BCUT2D eigenvalue weighted by Gasteiger charge is -2.34. The summed E-state index contributed by atoms with van der Waals surface area (Å²) >= 11 is 0. The molecule has 688 valence electrons. The van der Waals surface area contributed by atoms with Crippen LogP contribution in [0, 0.1) is 11.8 Å². The summed E-state index contributed by atoms with van der Waals surface area (Å²) in [6.07, 6.45) is 3.43. The van der Waals surface area contributed by atoms with Crippen LogP contribution in [0.15, 0.2) is 43.0 Å². The van der Waals surface area contributed by atoms with Crippen molar-refractivity contribution >= 4 is 101 Å². The van der Waals surface area contributed by atoms with E-state index in [9.17, 15) is 108 Å². The number of carbonyl (C=O) groups excluding carboxylic acids is 15. The summed E-state index contributed by atoms with van der Waals surface area (Å²) in [6, 6.07) is -11.7. The van der Waals surface area contributed by atoms with Crippen LogP contribution in [0.3, 0.4) is 0 Å². The molecule has 2 aliphatic heterocycles. The first-order chi connectivity index (χ1) is 57.2. The van der Waals surface area contributed by atoms with E-state index in [4.69, 9.17) is 26.7 Å². The molecule has 0 unspecified atom stereocenters. The Kier molecular flexibility index (Phi) is 47.7. The quantitative estimate of drug-likeness (QED) is 0.0220. The first-order valence-corrected chi connectivity index (χ1v) is 41.7. The molecule has 122 heavy (non-hydrogen) atoms. The molecule has 3 heterocycles. The molecule has 14 amide bonds. The van der Waals surface area contributed by atoms with Crippen molar-refractivity contribution in [1.29, 1.82) is 0 Å². The van der Waals surface area contributed by atoms with E-state index in [1.807, 2.05) is 4.57 Å². The van der Waals surface area contributed by atoms with Gasteiger partial charge in [-0.1, -0.05) is 104 Å². The number of primary amides is 2. The first kappa shape index (κ1) is 106. The lowest BCUT2D eigenvalue weighted by Crippen LogP contribution is -2.64. The Morgan fingerprint density at radius 1 is 0.566 bits per heavy atom. The predicted octanol–water partition coefficient (Wildman–Crippen LogP) is -4.35. The Balaban J connectivity index is 0.0000384. The molecule has 2 saturated heterocycles. The fraction of sp³-hybridized carbons (Fsp3) is 0.700. The standard InChI is InChI=1S/C80H131N17O24.ClH/c1-10-11-12-13-14-15-16-17-18-19-20-24-54(121-80(119)45(4)23-21-30-81)38-60(106)89-65(48(7)99)75(114)87-46(5)71(110)88-55(36-51-25-27-53(28-26-51)120-42-62(108)85-31-22-33-95-35-32-84-43-95)72(111)91-63(44(2)3)78(117)97-41-52(102)37-56(97)73(112)92-66(49(8)100)76(115)93-67(50(9)101)79(118)96-34-29-57(103)69(96)77(116)94-68(58(104)39-59(82)105)74(113)86-40-61(107)90-64(47(6)98)70(83)109;/h25-28,32,35,43-50,52,54-58,63-69,98-104H,10-24,29-31,33-34,36-42,81H2,1-9H3,(H2,82,105)(H2,83,109)(H,85,108)(H,86,113)(H,87,114)(H,88,110)(H,89,106)(H,90,107)(H,91,111)(H,92,112)(H,93,115)(H,94,116);1H/t45-,46+,47+,48+,49+,50+,52+,54+,55-,56-,57-,58+,63-,64+,65+,66+,67-,68-,69-;/m0./s1. The number of nitrogens with zero attached hydrogens (tertiary/aromatic N) is 4. The topological polar surface area (TPSA) is 639 Å². The van der Waals surface area contributed by atoms with E-state index >= 15 is 0 Å². The molecule has 0 bridgehead atoms. The summed E-state index contributed by atoms with van der Waals surface area (Å²) < 4.78 is 13.5. The van der Waals surface area contributed by atoms with Gasteiger partial charge in [-0.2, -0.15) is 0 Å². The van der Waals surface area contributed by atoms with Gasteiger partial charge in [0.1, 0.15) is 72.3 Å². The number of unbranched alkanes of at least 4 members (excludes halogenated alkanes) is 10. The van der Waals surface area contributed by atoms with E-state index in [2.05, 4.69) is 65.1 Å². The number of rotatable bonds is 56. The number of nitrogens with two attached hydrogens (primary N) is 3. The summed E-state index contributed by atoms with van der Waals surface area (Å²) in [5.74, 6) is -16.6. The maximum Gasteiger partial charge on any atom is 0.308 e. The van der Waals surface area contributed by atoms with Gasteiger partial charge < -0.3 is 130 Å². The smallest absolute Gasteiger partial charge is 0.308 e. The van der Waals surface area contributed by atoms with Crippen LogP contribution in [-0.4, -0.2) is 292 Å². The van der Waals surface area contributed by atoms with E-state index < -0.39 is 242 Å². The maximum absolute atomic E-state index is 15.0. The molecule has 4 rings (SSSR count). The Hall–Kier alpha value is -9.75. The number of amides is 14. The second-order valence-corrected chi connectivity index (χ2v) is 31.7. The van der Waals surface area contributed by atoms with Crippen LogP contribution in [0.4, 0.5) is 0 Å². The van der Waals surface area contributed by atoms with Crippen LogP contribution in [0.5, 0.6) is 5.75 Å². The van der Waals surface area contributed by atoms with Gasteiger partial charge in [0.15, 0.2) is 6.61 Å². The van der Waals surface area contributed by atoms with Crippen LogP contribution in [0.25, 0.3) is 0 Å². The predicted molar refractivity (Wildman–Crippen MR) is 443 cm³/mol. The molecule has 23 N–H and O–H groups in total. The zero-order chi connectivity index (χ0) is 90.3. The van der Waals surface area contributed by atoms with E-state index in [1.165, 1.54) is 84.1 Å². The summed E-state index contributed by atoms with van der Waals surface area (Å²) in [7, 11) is 0. The average Bonchev–Trinajstić information content (AvgIpc) is 1.64. The third-order valence-corrected chi connectivity index (χ3v) is 20.8. The number of esters is 1. The lowest BCUT2D eigenvalue weighted by molar-refractivity contribution is -0.155. The highest BCUT2D eigenvalue weighted by atomic mass is 35.5. The number of likely N-dealkylation sites (tertiary alicyclic amines) is 2. The number of β-amino-alcohol motifs (C(OH)–C–C–N with tert-alkyl or cyclic N) is 1. The van der Waals surface area contributed by atoms with Crippen molar-refractivity contribution in [3.05, 3.63) is 48.5 Å². The number of aromatic nitrogens is 2. The van der Waals surface area contributed by atoms with Gasteiger partial charge in [-0.15, -0.1) is 12.4 Å². The molecule has 0 spiro atoms. The summed E-state index contributed by atoms with van der Waals surface area (Å²) in [5.41, 5.74) is 16.5. The maximum atomic E-state index is 15.0. The van der Waals surface area contributed by atoms with Crippen molar-refractivity contribution in [2.45, 2.75) is 307 Å². The Morgan fingerprint density at radius 3 is 1.70 bits per heavy atom. The minimum atomic E-state index is -2.14. The molecule has 0 radical (unpaired) electrons. The highest BCUT2D eigenvalue weighted by Crippen LogP contribution is 2.26. The number of benzene rings is 1. The van der Waals surface area contributed by atoms with Crippen LogP contribution in [0.1, 0.15) is 190 Å². The molecule has 2 aliphatic rings. The summed E-state index contributed by atoms with van der Waals surface area (Å²) in [4.78, 5) is 211. The highest BCUT2D eigenvalue weighted by Gasteiger charge is 2.48. The number of halogens is 1. The third-order valence-electron chi connectivity index (χ3n) is 20.8. The number of hydrogen-bond acceptors (Lipinski definition) is 26. The third kappa shape index (κ3) is 36.4. The zero-order valence-corrected chi connectivity index (χ0v) is 72.0. The number of imidazole rings is 1. The Labute approximate surface area is 716 Å². The highest BCUT2D eigenvalue weighted by molar-refractivity contribution is 6.00. The number of aliphatic hydroxyl groups is 7. The van der Waals surface area contributed by atoms with E-state index in [1.54, 1.807) is 25.6 Å². The number of ether oxygens (including phenoxy) is 2. The van der Waals surface area contributed by atoms with Crippen molar-refractivity contribution < 1.29 is 117 Å².